The fourth-order valence-electron chi connectivity index (χ4n) is 2.72. The number of anilines is 1. The van der Waals surface area contributed by atoms with Gasteiger partial charge in [0.05, 0.1) is 12.2 Å². The van der Waals surface area contributed by atoms with Gasteiger partial charge < -0.3 is 10.1 Å². The molecule has 2 rings (SSSR count). The van der Waals surface area contributed by atoms with E-state index in [9.17, 15) is 14.4 Å². The third kappa shape index (κ3) is 9.11. The van der Waals surface area contributed by atoms with Gasteiger partial charge in [-0.15, -0.1) is 0 Å². The van der Waals surface area contributed by atoms with Crippen LogP contribution in [0.2, 0.25) is 0 Å². The number of carbonyl (C=O) groups excluding carboxylic acids is 3. The summed E-state index contributed by atoms with van der Waals surface area (Å²) < 4.78 is 6.44. The summed E-state index contributed by atoms with van der Waals surface area (Å²) in [5.74, 6) is -0.268. The highest BCUT2D eigenvalue weighted by Crippen LogP contribution is 2.23. The number of nitrogens with one attached hydrogen (secondary N) is 4. The van der Waals surface area contributed by atoms with Crippen LogP contribution >= 0.6 is 28.1 Å². The highest BCUT2D eigenvalue weighted by molar-refractivity contribution is 9.10. The molecular weight excluding hydrogens is 520 g/mol. The number of carbonyl (C=O) groups is 3. The van der Waals surface area contributed by atoms with Crippen LogP contribution in [0.5, 0.6) is 5.75 Å². The van der Waals surface area contributed by atoms with Crippen LogP contribution in [0.15, 0.2) is 46.9 Å². The Morgan fingerprint density at radius 1 is 1.03 bits per heavy atom. The zero-order chi connectivity index (χ0) is 25.1. The van der Waals surface area contributed by atoms with Crippen LogP contribution in [-0.2, 0) is 4.79 Å². The average molecular weight is 549 g/mol. The van der Waals surface area contributed by atoms with Crippen molar-refractivity contribution in [1.82, 2.24) is 16.2 Å². The normalized spacial score (nSPS) is 10.4. The van der Waals surface area contributed by atoms with Gasteiger partial charge in [0.1, 0.15) is 5.75 Å². The van der Waals surface area contributed by atoms with Crippen LogP contribution in [0.4, 0.5) is 5.69 Å². The molecule has 0 radical (unpaired) electrons. The van der Waals surface area contributed by atoms with Crippen LogP contribution < -0.4 is 26.2 Å². The average Bonchev–Trinajstić information content (AvgIpc) is 2.80. The van der Waals surface area contributed by atoms with Gasteiger partial charge in [-0.05, 0) is 67.0 Å². The molecule has 182 valence electrons. The van der Waals surface area contributed by atoms with Gasteiger partial charge in [0.25, 0.3) is 11.8 Å². The number of halogens is 1. The van der Waals surface area contributed by atoms with Crippen molar-refractivity contribution in [3.8, 4) is 5.75 Å². The van der Waals surface area contributed by atoms with Crippen molar-refractivity contribution in [2.75, 3.05) is 11.9 Å². The van der Waals surface area contributed by atoms with Crippen LogP contribution in [0, 0.1) is 5.92 Å². The summed E-state index contributed by atoms with van der Waals surface area (Å²) in [6.07, 6.45) is 2.22. The summed E-state index contributed by atoms with van der Waals surface area (Å²) in [7, 11) is 0. The minimum absolute atomic E-state index is 0.0648. The van der Waals surface area contributed by atoms with E-state index in [2.05, 4.69) is 37.4 Å². The highest BCUT2D eigenvalue weighted by Gasteiger charge is 2.16. The monoisotopic (exact) mass is 548 g/mol. The number of thiocarbonyl (C=S) groups is 1. The van der Waals surface area contributed by atoms with E-state index in [4.69, 9.17) is 17.0 Å². The zero-order valence-corrected chi connectivity index (χ0v) is 21.8. The predicted octanol–water partition coefficient (Wildman–Crippen LogP) is 4.56. The Hall–Kier alpha value is -2.98. The third-order valence-corrected chi connectivity index (χ3v) is 5.16. The molecule has 0 aliphatic rings. The molecule has 10 heteroatoms. The van der Waals surface area contributed by atoms with E-state index in [0.717, 1.165) is 12.8 Å². The maximum absolute atomic E-state index is 12.7. The van der Waals surface area contributed by atoms with E-state index in [1.165, 1.54) is 0 Å². The Morgan fingerprint density at radius 2 is 1.74 bits per heavy atom. The lowest BCUT2D eigenvalue weighted by Crippen LogP contribution is -2.48. The standard InChI is InChI=1S/C24H29BrN4O4S/c1-4-5-6-21(30)26-18-10-7-16(8-11-18)22(31)28-29-24(34)27-23(32)19-13-17(25)9-12-20(19)33-14-15(2)3/h7-13,15H,4-6,14H2,1-3H3,(H,26,30)(H,28,31)(H2,27,29,32,34). The van der Waals surface area contributed by atoms with Crippen molar-refractivity contribution >= 4 is 56.7 Å². The first-order valence-corrected chi connectivity index (χ1v) is 12.1. The maximum Gasteiger partial charge on any atom is 0.269 e. The molecule has 2 aromatic carbocycles. The second-order valence-corrected chi connectivity index (χ2v) is 9.26. The van der Waals surface area contributed by atoms with Crippen molar-refractivity contribution in [2.45, 2.75) is 40.0 Å². The molecule has 2 aromatic rings. The van der Waals surface area contributed by atoms with Gasteiger partial charge in [-0.2, -0.15) is 0 Å². The number of hydrogen-bond donors (Lipinski definition) is 4. The maximum atomic E-state index is 12.7. The summed E-state index contributed by atoms with van der Waals surface area (Å²) in [5.41, 5.74) is 6.22. The molecule has 0 unspecified atom stereocenters. The predicted molar refractivity (Wildman–Crippen MR) is 140 cm³/mol. The number of ether oxygens (including phenoxy) is 1. The number of amides is 3. The Labute approximate surface area is 213 Å². The lowest BCUT2D eigenvalue weighted by Gasteiger charge is -2.15. The molecule has 0 saturated carbocycles. The molecule has 0 bridgehead atoms. The quantitative estimate of drug-likeness (QED) is 0.270. The minimum Gasteiger partial charge on any atom is -0.492 e. The summed E-state index contributed by atoms with van der Waals surface area (Å²) >= 11 is 8.48. The minimum atomic E-state index is -0.477. The molecule has 0 aliphatic heterocycles. The second-order valence-electron chi connectivity index (χ2n) is 7.94. The van der Waals surface area contributed by atoms with Crippen molar-refractivity contribution in [2.24, 2.45) is 5.92 Å². The third-order valence-electron chi connectivity index (χ3n) is 4.46. The van der Waals surface area contributed by atoms with Gasteiger partial charge in [0.15, 0.2) is 5.11 Å². The molecule has 8 nitrogen and oxygen atoms in total. The molecule has 0 aromatic heterocycles. The molecule has 0 saturated heterocycles. The lowest BCUT2D eigenvalue weighted by molar-refractivity contribution is -0.116. The zero-order valence-electron chi connectivity index (χ0n) is 19.4. The van der Waals surface area contributed by atoms with Crippen molar-refractivity contribution in [3.63, 3.8) is 0 Å². The van der Waals surface area contributed by atoms with Crippen LogP contribution in [-0.4, -0.2) is 29.4 Å². The first-order valence-electron chi connectivity index (χ1n) is 10.9. The van der Waals surface area contributed by atoms with E-state index < -0.39 is 11.8 Å². The molecule has 0 heterocycles. The molecule has 0 atom stereocenters. The van der Waals surface area contributed by atoms with Gasteiger partial charge in [0.2, 0.25) is 5.91 Å². The van der Waals surface area contributed by atoms with Gasteiger partial charge >= 0.3 is 0 Å². The van der Waals surface area contributed by atoms with Crippen LogP contribution in [0.25, 0.3) is 0 Å². The van der Waals surface area contributed by atoms with E-state index in [-0.39, 0.29) is 11.0 Å². The van der Waals surface area contributed by atoms with Gasteiger partial charge in [-0.3, -0.25) is 30.6 Å². The summed E-state index contributed by atoms with van der Waals surface area (Å²) in [5, 5.41) is 5.23. The highest BCUT2D eigenvalue weighted by atomic mass is 79.9. The Morgan fingerprint density at radius 3 is 2.38 bits per heavy atom. The summed E-state index contributed by atoms with van der Waals surface area (Å²) in [6, 6.07) is 11.6. The molecule has 0 aliphatic carbocycles. The molecule has 0 spiro atoms. The molecule has 4 N–H and O–H groups in total. The largest absolute Gasteiger partial charge is 0.492 e. The SMILES string of the molecule is CCCCC(=O)Nc1ccc(C(=O)NNC(=S)NC(=O)c2cc(Br)ccc2OCC(C)C)cc1. The Balaban J connectivity index is 1.89. The van der Waals surface area contributed by atoms with Crippen molar-refractivity contribution < 1.29 is 19.1 Å². The number of rotatable bonds is 9. The first kappa shape index (κ1) is 27.3. The van der Waals surface area contributed by atoms with Crippen LogP contribution in [0.1, 0.15) is 60.7 Å². The smallest absolute Gasteiger partial charge is 0.269 e. The fraction of sp³-hybridized carbons (Fsp3) is 0.333. The van der Waals surface area contributed by atoms with Crippen LogP contribution in [0.3, 0.4) is 0 Å². The molecular formula is C24H29BrN4O4S. The van der Waals surface area contributed by atoms with Crippen molar-refractivity contribution in [3.05, 3.63) is 58.1 Å². The molecule has 0 fully saturated rings. The number of unbranched alkanes of at least 4 members (excludes halogenated alkanes) is 1. The molecule has 34 heavy (non-hydrogen) atoms. The first-order chi connectivity index (χ1) is 16.2. The Bertz CT molecular complexity index is 1030. The number of hydrazine groups is 1. The second kappa shape index (κ2) is 13.7. The number of hydrogen-bond acceptors (Lipinski definition) is 5. The fourth-order valence-corrected chi connectivity index (χ4v) is 3.22. The molecule has 3 amide bonds. The topological polar surface area (TPSA) is 109 Å². The van der Waals surface area contributed by atoms with Gasteiger partial charge in [-0.1, -0.05) is 43.1 Å². The van der Waals surface area contributed by atoms with Gasteiger partial charge in [-0.25, -0.2) is 0 Å². The number of benzene rings is 2. The summed E-state index contributed by atoms with van der Waals surface area (Å²) in [4.78, 5) is 36.9. The van der Waals surface area contributed by atoms with E-state index >= 15 is 0 Å². The van der Waals surface area contributed by atoms with E-state index in [1.807, 2.05) is 20.8 Å². The summed E-state index contributed by atoms with van der Waals surface area (Å²) in [6.45, 7) is 6.50. The van der Waals surface area contributed by atoms with E-state index in [0.29, 0.717) is 46.0 Å². The Kier molecular flexibility index (Phi) is 11.0. The van der Waals surface area contributed by atoms with Crippen molar-refractivity contribution in [1.29, 1.82) is 0 Å². The van der Waals surface area contributed by atoms with E-state index in [1.54, 1.807) is 42.5 Å². The lowest BCUT2D eigenvalue weighted by atomic mass is 10.2. The van der Waals surface area contributed by atoms with Gasteiger partial charge in [0, 0.05) is 22.1 Å².